The van der Waals surface area contributed by atoms with Gasteiger partial charge in [0.2, 0.25) is 15.9 Å². The number of benzene rings is 1. The molecule has 142 valence electrons. The van der Waals surface area contributed by atoms with Crippen molar-refractivity contribution in [2.75, 3.05) is 13.1 Å². The molecule has 0 bridgehead atoms. The highest BCUT2D eigenvalue weighted by molar-refractivity contribution is 7.89. The van der Waals surface area contributed by atoms with Gasteiger partial charge in [0, 0.05) is 19.1 Å². The molecule has 2 aliphatic rings. The van der Waals surface area contributed by atoms with E-state index in [9.17, 15) is 18.0 Å². The van der Waals surface area contributed by atoms with Crippen LogP contribution < -0.4 is 0 Å². The molecule has 8 heteroatoms. The van der Waals surface area contributed by atoms with Crippen LogP contribution >= 0.6 is 0 Å². The van der Waals surface area contributed by atoms with E-state index in [-0.39, 0.29) is 29.0 Å². The Balaban J connectivity index is 2.03. The molecule has 1 atom stereocenters. The van der Waals surface area contributed by atoms with Crippen molar-refractivity contribution in [2.45, 2.75) is 56.0 Å². The average Bonchev–Trinajstić information content (AvgIpc) is 3.02. The molecule has 2 saturated heterocycles. The van der Waals surface area contributed by atoms with E-state index in [1.54, 1.807) is 4.90 Å². The van der Waals surface area contributed by atoms with Crippen molar-refractivity contribution >= 4 is 21.9 Å². The van der Waals surface area contributed by atoms with Gasteiger partial charge in [0.15, 0.2) is 0 Å². The van der Waals surface area contributed by atoms with Crippen LogP contribution in [-0.2, 0) is 14.8 Å². The summed E-state index contributed by atoms with van der Waals surface area (Å²) in [5, 5.41) is 9.15. The Morgan fingerprint density at radius 1 is 1.19 bits per heavy atom. The fraction of sp³-hybridized carbons (Fsp3) is 0.556. The molecule has 0 aliphatic carbocycles. The minimum Gasteiger partial charge on any atom is -0.478 e. The van der Waals surface area contributed by atoms with Crippen molar-refractivity contribution in [1.29, 1.82) is 0 Å². The maximum atomic E-state index is 13.3. The molecule has 2 aliphatic heterocycles. The largest absolute Gasteiger partial charge is 0.478 e. The van der Waals surface area contributed by atoms with E-state index in [1.165, 1.54) is 22.5 Å². The third-order valence-corrected chi connectivity index (χ3v) is 7.33. The fourth-order valence-corrected chi connectivity index (χ4v) is 5.97. The Hall–Kier alpha value is -1.93. The van der Waals surface area contributed by atoms with Crippen molar-refractivity contribution in [2.24, 2.45) is 0 Å². The standard InChI is InChI=1S/C18H24N2O5S/c1-13(2)19-10-4-8-18(17(19)23)9-5-11-20(18)26(24,25)15-7-3-6-14(12-15)16(21)22/h3,6-7,12-13H,4-5,8-11H2,1-2H3,(H,21,22). The summed E-state index contributed by atoms with van der Waals surface area (Å²) in [6, 6.07) is 5.34. The molecule has 1 aromatic rings. The van der Waals surface area contributed by atoms with E-state index in [4.69, 9.17) is 5.11 Å². The number of carboxylic acid groups (broad SMARTS) is 1. The first-order chi connectivity index (χ1) is 12.2. The Morgan fingerprint density at radius 2 is 1.85 bits per heavy atom. The first kappa shape index (κ1) is 18.8. The van der Waals surface area contributed by atoms with E-state index in [2.05, 4.69) is 0 Å². The topological polar surface area (TPSA) is 95.0 Å². The summed E-state index contributed by atoms with van der Waals surface area (Å²) >= 11 is 0. The Bertz CT molecular complexity index is 836. The zero-order valence-corrected chi connectivity index (χ0v) is 15.8. The number of rotatable bonds is 4. The minimum atomic E-state index is -3.96. The van der Waals surface area contributed by atoms with Crippen molar-refractivity contribution in [1.82, 2.24) is 9.21 Å². The van der Waals surface area contributed by atoms with Crippen molar-refractivity contribution in [3.8, 4) is 0 Å². The van der Waals surface area contributed by atoms with Crippen LogP contribution in [0.3, 0.4) is 0 Å². The van der Waals surface area contributed by atoms with Gasteiger partial charge in [-0.05, 0) is 57.7 Å². The van der Waals surface area contributed by atoms with Crippen LogP contribution in [0.5, 0.6) is 0 Å². The molecule has 1 aromatic carbocycles. The fourth-order valence-electron chi connectivity index (χ4n) is 4.09. The SMILES string of the molecule is CC(C)N1CCCC2(CCCN2S(=O)(=O)c2cccc(C(=O)O)c2)C1=O. The second-order valence-electron chi connectivity index (χ2n) is 7.24. The molecule has 1 N–H and O–H groups in total. The lowest BCUT2D eigenvalue weighted by Crippen LogP contribution is -2.62. The lowest BCUT2D eigenvalue weighted by Gasteiger charge is -2.45. The number of likely N-dealkylation sites (tertiary alicyclic amines) is 1. The van der Waals surface area contributed by atoms with E-state index >= 15 is 0 Å². The zero-order chi connectivity index (χ0) is 19.1. The van der Waals surface area contributed by atoms with Crippen LogP contribution in [0.2, 0.25) is 0 Å². The molecule has 1 unspecified atom stereocenters. The second-order valence-corrected chi connectivity index (χ2v) is 9.10. The maximum absolute atomic E-state index is 13.3. The number of sulfonamides is 1. The smallest absolute Gasteiger partial charge is 0.335 e. The maximum Gasteiger partial charge on any atom is 0.335 e. The highest BCUT2D eigenvalue weighted by Crippen LogP contribution is 2.42. The third-order valence-electron chi connectivity index (χ3n) is 5.37. The van der Waals surface area contributed by atoms with Crippen LogP contribution in [0.4, 0.5) is 0 Å². The van der Waals surface area contributed by atoms with E-state index in [0.717, 1.165) is 12.5 Å². The molecule has 0 saturated carbocycles. The molecule has 2 heterocycles. The number of carbonyl (C=O) groups excluding carboxylic acids is 1. The Labute approximate surface area is 153 Å². The summed E-state index contributed by atoms with van der Waals surface area (Å²) in [4.78, 5) is 26.1. The van der Waals surface area contributed by atoms with Gasteiger partial charge in [-0.3, -0.25) is 4.79 Å². The monoisotopic (exact) mass is 380 g/mol. The number of carboxylic acids is 1. The number of hydrogen-bond donors (Lipinski definition) is 1. The van der Waals surface area contributed by atoms with Crippen LogP contribution in [-0.4, -0.2) is 59.3 Å². The first-order valence-corrected chi connectivity index (χ1v) is 10.3. The second kappa shape index (κ2) is 6.66. The summed E-state index contributed by atoms with van der Waals surface area (Å²) in [7, 11) is -3.96. The van der Waals surface area contributed by atoms with Crippen molar-refractivity contribution < 1.29 is 23.1 Å². The molecule has 0 radical (unpaired) electrons. The lowest BCUT2D eigenvalue weighted by molar-refractivity contribution is -0.146. The Morgan fingerprint density at radius 3 is 2.46 bits per heavy atom. The number of piperidine rings is 1. The highest BCUT2D eigenvalue weighted by atomic mass is 32.2. The molecule has 1 amide bonds. The normalized spacial score (nSPS) is 24.6. The van der Waals surface area contributed by atoms with Crippen molar-refractivity contribution in [3.05, 3.63) is 29.8 Å². The summed E-state index contributed by atoms with van der Waals surface area (Å²) in [5.41, 5.74) is -1.13. The molecular weight excluding hydrogens is 356 g/mol. The zero-order valence-electron chi connectivity index (χ0n) is 15.0. The minimum absolute atomic E-state index is 0.0140. The van der Waals surface area contributed by atoms with Gasteiger partial charge in [-0.2, -0.15) is 4.31 Å². The summed E-state index contributed by atoms with van der Waals surface area (Å²) in [5.74, 6) is -1.31. The third kappa shape index (κ3) is 2.91. The van der Waals surface area contributed by atoms with Gasteiger partial charge in [0.05, 0.1) is 10.5 Å². The molecule has 3 rings (SSSR count). The molecule has 1 spiro atoms. The van der Waals surface area contributed by atoms with E-state index in [1.807, 2.05) is 13.8 Å². The molecule has 26 heavy (non-hydrogen) atoms. The predicted octanol–water partition coefficient (Wildman–Crippen LogP) is 1.94. The van der Waals surface area contributed by atoms with Crippen LogP contribution in [0.15, 0.2) is 29.2 Å². The lowest BCUT2D eigenvalue weighted by atomic mass is 9.86. The average molecular weight is 380 g/mol. The number of hydrogen-bond acceptors (Lipinski definition) is 4. The first-order valence-electron chi connectivity index (χ1n) is 8.87. The molecule has 2 fully saturated rings. The van der Waals surface area contributed by atoms with Gasteiger partial charge in [-0.1, -0.05) is 6.07 Å². The van der Waals surface area contributed by atoms with Crippen LogP contribution in [0.1, 0.15) is 49.9 Å². The predicted molar refractivity (Wildman–Crippen MR) is 95.3 cm³/mol. The van der Waals surface area contributed by atoms with Gasteiger partial charge in [0.1, 0.15) is 5.54 Å². The number of carbonyl (C=O) groups is 2. The van der Waals surface area contributed by atoms with Gasteiger partial charge in [-0.25, -0.2) is 13.2 Å². The Kier molecular flexibility index (Phi) is 4.83. The molecular formula is C18H24N2O5S. The highest BCUT2D eigenvalue weighted by Gasteiger charge is 2.55. The quantitative estimate of drug-likeness (QED) is 0.861. The van der Waals surface area contributed by atoms with Gasteiger partial charge >= 0.3 is 5.97 Å². The number of aromatic carboxylic acids is 1. The van der Waals surface area contributed by atoms with E-state index in [0.29, 0.717) is 25.8 Å². The number of nitrogens with zero attached hydrogens (tertiary/aromatic N) is 2. The van der Waals surface area contributed by atoms with Gasteiger partial charge < -0.3 is 10.0 Å². The van der Waals surface area contributed by atoms with E-state index < -0.39 is 21.5 Å². The summed E-state index contributed by atoms with van der Waals surface area (Å²) in [6.07, 6.45) is 2.39. The van der Waals surface area contributed by atoms with Crippen LogP contribution in [0, 0.1) is 0 Å². The molecule has 0 aromatic heterocycles. The summed E-state index contributed by atoms with van der Waals surface area (Å²) in [6.45, 7) is 4.78. The van der Waals surface area contributed by atoms with Crippen LogP contribution in [0.25, 0.3) is 0 Å². The molecule has 7 nitrogen and oxygen atoms in total. The number of amides is 1. The van der Waals surface area contributed by atoms with Crippen molar-refractivity contribution in [3.63, 3.8) is 0 Å². The van der Waals surface area contributed by atoms with Gasteiger partial charge in [-0.15, -0.1) is 0 Å². The van der Waals surface area contributed by atoms with Gasteiger partial charge in [0.25, 0.3) is 0 Å². The summed E-state index contributed by atoms with van der Waals surface area (Å²) < 4.78 is 27.9.